The summed E-state index contributed by atoms with van der Waals surface area (Å²) in [6.45, 7) is 5.06. The molecule has 0 radical (unpaired) electrons. The van der Waals surface area contributed by atoms with Crippen molar-refractivity contribution in [1.29, 1.82) is 0 Å². The monoisotopic (exact) mass is 349 g/mol. The molecule has 2 rings (SSSR count). The average molecular weight is 350 g/mol. The van der Waals surface area contributed by atoms with Crippen LogP contribution in [0.25, 0.3) is 0 Å². The summed E-state index contributed by atoms with van der Waals surface area (Å²) in [7, 11) is 0. The van der Waals surface area contributed by atoms with Gasteiger partial charge in [-0.05, 0) is 41.3 Å². The lowest BCUT2D eigenvalue weighted by Crippen LogP contribution is -2.09. The van der Waals surface area contributed by atoms with Crippen LogP contribution in [0, 0.1) is 0 Å². The third kappa shape index (κ3) is 4.11. The first-order chi connectivity index (χ1) is 9.60. The molecule has 2 aromatic carbocycles. The van der Waals surface area contributed by atoms with Crippen LogP contribution in [0.2, 0.25) is 0 Å². The first-order valence-electron chi connectivity index (χ1n) is 6.82. The molecule has 0 saturated heterocycles. The van der Waals surface area contributed by atoms with Gasteiger partial charge in [-0.3, -0.25) is 0 Å². The van der Waals surface area contributed by atoms with Crippen LogP contribution in [0.4, 0.5) is 0 Å². The Kier molecular flexibility index (Phi) is 5.70. The number of thioether (sulfide) groups is 1. The summed E-state index contributed by atoms with van der Waals surface area (Å²) in [4.78, 5) is 1.27. The Labute approximate surface area is 134 Å². The highest BCUT2D eigenvalue weighted by atomic mass is 79.9. The van der Waals surface area contributed by atoms with E-state index < -0.39 is 0 Å². The van der Waals surface area contributed by atoms with Crippen LogP contribution in [0.3, 0.4) is 0 Å². The second-order valence-corrected chi connectivity index (χ2v) is 7.31. The molecule has 0 spiro atoms. The largest absolute Gasteiger partial charge is 0.329 e. The fraction of sp³-hybridized carbons (Fsp3) is 0.294. The molecule has 0 saturated carbocycles. The minimum absolute atomic E-state index is 0.289. The summed E-state index contributed by atoms with van der Waals surface area (Å²) in [5.41, 5.74) is 8.58. The van der Waals surface area contributed by atoms with Crippen molar-refractivity contribution in [2.75, 3.05) is 6.54 Å². The van der Waals surface area contributed by atoms with Gasteiger partial charge in [0.25, 0.3) is 0 Å². The van der Waals surface area contributed by atoms with E-state index in [2.05, 4.69) is 72.2 Å². The number of halogens is 1. The van der Waals surface area contributed by atoms with Crippen molar-refractivity contribution in [3.63, 3.8) is 0 Å². The molecule has 1 unspecified atom stereocenters. The molecule has 1 nitrogen and oxygen atoms in total. The zero-order valence-corrected chi connectivity index (χ0v) is 14.2. The van der Waals surface area contributed by atoms with E-state index in [1.165, 1.54) is 16.0 Å². The average Bonchev–Trinajstić information content (AvgIpc) is 2.45. The molecule has 0 aliphatic carbocycles. The zero-order chi connectivity index (χ0) is 14.5. The Morgan fingerprint density at radius 2 is 1.75 bits per heavy atom. The van der Waals surface area contributed by atoms with Gasteiger partial charge in [-0.25, -0.2) is 0 Å². The standard InChI is InChI=1S/C17H20BrNS/c1-12(2)13-6-8-16(9-7-13)20-17(11-19)14-4-3-5-15(18)10-14/h3-10,12,17H,11,19H2,1-2H3. The van der Waals surface area contributed by atoms with E-state index in [-0.39, 0.29) is 5.25 Å². The van der Waals surface area contributed by atoms with Crippen LogP contribution in [0.15, 0.2) is 57.9 Å². The third-order valence-corrected chi connectivity index (χ3v) is 5.05. The number of hydrogen-bond acceptors (Lipinski definition) is 2. The predicted octanol–water partition coefficient (Wildman–Crippen LogP) is 5.36. The molecule has 0 bridgehead atoms. The lowest BCUT2D eigenvalue weighted by Gasteiger charge is -2.16. The first kappa shape index (κ1) is 15.6. The molecular formula is C17H20BrNS. The van der Waals surface area contributed by atoms with E-state index in [1.54, 1.807) is 0 Å². The van der Waals surface area contributed by atoms with Crippen LogP contribution in [0.5, 0.6) is 0 Å². The maximum absolute atomic E-state index is 5.94. The third-order valence-electron chi connectivity index (χ3n) is 3.26. The molecular weight excluding hydrogens is 330 g/mol. The Bertz CT molecular complexity index is 551. The first-order valence-corrected chi connectivity index (χ1v) is 8.49. The van der Waals surface area contributed by atoms with Crippen LogP contribution < -0.4 is 5.73 Å². The molecule has 1 atom stereocenters. The smallest absolute Gasteiger partial charge is 0.0467 e. The van der Waals surface area contributed by atoms with Gasteiger partial charge in [0.1, 0.15) is 0 Å². The topological polar surface area (TPSA) is 26.0 Å². The van der Waals surface area contributed by atoms with E-state index >= 15 is 0 Å². The van der Waals surface area contributed by atoms with Gasteiger partial charge in [0.15, 0.2) is 0 Å². The highest BCUT2D eigenvalue weighted by Gasteiger charge is 2.12. The number of rotatable bonds is 5. The molecule has 3 heteroatoms. The van der Waals surface area contributed by atoms with Crippen molar-refractivity contribution in [3.8, 4) is 0 Å². The Hall–Kier alpha value is -0.770. The molecule has 0 aliphatic rings. The normalized spacial score (nSPS) is 12.7. The predicted molar refractivity (Wildman–Crippen MR) is 92.3 cm³/mol. The summed E-state index contributed by atoms with van der Waals surface area (Å²) in [6, 6.07) is 17.2. The summed E-state index contributed by atoms with van der Waals surface area (Å²) < 4.78 is 1.10. The van der Waals surface area contributed by atoms with Gasteiger partial charge >= 0.3 is 0 Å². The van der Waals surface area contributed by atoms with Gasteiger partial charge in [-0.1, -0.05) is 54.0 Å². The van der Waals surface area contributed by atoms with Crippen LogP contribution in [-0.4, -0.2) is 6.54 Å². The summed E-state index contributed by atoms with van der Waals surface area (Å²) >= 11 is 5.35. The molecule has 2 N–H and O–H groups in total. The van der Waals surface area contributed by atoms with E-state index in [9.17, 15) is 0 Å². The Morgan fingerprint density at radius 3 is 2.30 bits per heavy atom. The van der Waals surface area contributed by atoms with Crippen molar-refractivity contribution in [1.82, 2.24) is 0 Å². The van der Waals surface area contributed by atoms with Gasteiger partial charge in [-0.15, -0.1) is 11.8 Å². The van der Waals surface area contributed by atoms with Crippen LogP contribution in [-0.2, 0) is 0 Å². The number of benzene rings is 2. The minimum Gasteiger partial charge on any atom is -0.329 e. The molecule has 0 aliphatic heterocycles. The van der Waals surface area contributed by atoms with Gasteiger partial charge < -0.3 is 5.73 Å². The molecule has 0 aromatic heterocycles. The summed E-state index contributed by atoms with van der Waals surface area (Å²) in [5.74, 6) is 0.574. The number of hydrogen-bond donors (Lipinski definition) is 1. The van der Waals surface area contributed by atoms with Crippen LogP contribution >= 0.6 is 27.7 Å². The lowest BCUT2D eigenvalue weighted by atomic mass is 10.0. The summed E-state index contributed by atoms with van der Waals surface area (Å²) in [6.07, 6.45) is 0. The van der Waals surface area contributed by atoms with Gasteiger partial charge in [0.2, 0.25) is 0 Å². The van der Waals surface area contributed by atoms with Crippen molar-refractivity contribution in [3.05, 3.63) is 64.1 Å². The maximum Gasteiger partial charge on any atom is 0.0467 e. The molecule has 0 heterocycles. The second-order valence-electron chi connectivity index (χ2n) is 5.12. The van der Waals surface area contributed by atoms with Gasteiger partial charge in [0, 0.05) is 21.2 Å². The fourth-order valence-electron chi connectivity index (χ4n) is 2.05. The maximum atomic E-state index is 5.94. The quantitative estimate of drug-likeness (QED) is 0.734. The van der Waals surface area contributed by atoms with E-state index in [1.807, 2.05) is 17.8 Å². The van der Waals surface area contributed by atoms with Crippen molar-refractivity contribution in [2.24, 2.45) is 5.73 Å². The van der Waals surface area contributed by atoms with Gasteiger partial charge in [-0.2, -0.15) is 0 Å². The fourth-order valence-corrected chi connectivity index (χ4v) is 3.47. The van der Waals surface area contributed by atoms with E-state index in [0.717, 1.165) is 4.47 Å². The molecule has 0 amide bonds. The Morgan fingerprint density at radius 1 is 1.05 bits per heavy atom. The van der Waals surface area contributed by atoms with Crippen molar-refractivity contribution >= 4 is 27.7 Å². The summed E-state index contributed by atoms with van der Waals surface area (Å²) in [5, 5.41) is 0.289. The molecule has 20 heavy (non-hydrogen) atoms. The van der Waals surface area contributed by atoms with E-state index in [0.29, 0.717) is 12.5 Å². The highest BCUT2D eigenvalue weighted by molar-refractivity contribution is 9.10. The number of nitrogens with two attached hydrogens (primary N) is 1. The van der Waals surface area contributed by atoms with Crippen molar-refractivity contribution < 1.29 is 0 Å². The van der Waals surface area contributed by atoms with E-state index in [4.69, 9.17) is 5.73 Å². The molecule has 0 fully saturated rings. The highest BCUT2D eigenvalue weighted by Crippen LogP contribution is 2.35. The Balaban J connectivity index is 2.14. The van der Waals surface area contributed by atoms with Crippen molar-refractivity contribution in [2.45, 2.75) is 29.9 Å². The second kappa shape index (κ2) is 7.30. The molecule has 106 valence electrons. The lowest BCUT2D eigenvalue weighted by molar-refractivity contribution is 0.864. The van der Waals surface area contributed by atoms with Crippen LogP contribution in [0.1, 0.15) is 36.1 Å². The SMILES string of the molecule is CC(C)c1ccc(SC(CN)c2cccc(Br)c2)cc1. The minimum atomic E-state index is 0.289. The molecule has 2 aromatic rings. The van der Waals surface area contributed by atoms with Gasteiger partial charge in [0.05, 0.1) is 0 Å². The zero-order valence-electron chi connectivity index (χ0n) is 11.8.